The highest BCUT2D eigenvalue weighted by molar-refractivity contribution is 5.83. The quantitative estimate of drug-likeness (QED) is 0.687. The number of nitrogens with zero attached hydrogens (tertiary/aromatic N) is 4. The Balaban J connectivity index is 1.92. The van der Waals surface area contributed by atoms with Crippen molar-refractivity contribution in [3.8, 4) is 11.3 Å². The largest absolute Gasteiger partial charge is 0.297 e. The van der Waals surface area contributed by atoms with Crippen LogP contribution in [0.4, 0.5) is 0 Å². The summed E-state index contributed by atoms with van der Waals surface area (Å²) in [6, 6.07) is 11.6. The molecule has 0 saturated carbocycles. The smallest absolute Gasteiger partial charge is 0.261 e. The first-order valence-electron chi connectivity index (χ1n) is 7.36. The summed E-state index contributed by atoms with van der Waals surface area (Å²) in [4.78, 5) is 23.9. The summed E-state index contributed by atoms with van der Waals surface area (Å²) in [5, 5.41) is 0.674. The topological polar surface area (TPSA) is 51.0 Å². The fraction of sp³-hybridized carbons (Fsp3) is 0.235. The Morgan fingerprint density at radius 1 is 1.14 bits per heavy atom. The molecule has 0 N–H and O–H groups in total. The third-order valence-corrected chi connectivity index (χ3v) is 4.11. The van der Waals surface area contributed by atoms with Crippen molar-refractivity contribution >= 4 is 10.9 Å². The molecule has 0 radical (unpaired) electrons. The van der Waals surface area contributed by atoms with Crippen molar-refractivity contribution in [3.63, 3.8) is 0 Å². The molecule has 22 heavy (non-hydrogen) atoms. The van der Waals surface area contributed by atoms with E-state index >= 15 is 0 Å². The molecule has 0 atom stereocenters. The fourth-order valence-electron chi connectivity index (χ4n) is 2.90. The second-order valence-electron chi connectivity index (χ2n) is 5.67. The average molecular weight is 292 g/mol. The number of hydrogen-bond acceptors (Lipinski definition) is 4. The van der Waals surface area contributed by atoms with Crippen molar-refractivity contribution in [1.29, 1.82) is 0 Å². The SMILES string of the molecule is CN1CCn2c(nc3cc(-c4ccccn4)ccc3c2=O)C1. The third kappa shape index (κ3) is 2.10. The minimum atomic E-state index is 0.0562. The number of aromatic nitrogens is 3. The Morgan fingerprint density at radius 3 is 2.86 bits per heavy atom. The molecule has 4 rings (SSSR count). The monoisotopic (exact) mass is 292 g/mol. The van der Waals surface area contributed by atoms with Gasteiger partial charge in [0.2, 0.25) is 0 Å². The van der Waals surface area contributed by atoms with Crippen LogP contribution in [0.2, 0.25) is 0 Å². The summed E-state index contributed by atoms with van der Waals surface area (Å²) in [7, 11) is 2.05. The molecule has 1 aliphatic heterocycles. The van der Waals surface area contributed by atoms with Crippen LogP contribution in [0.1, 0.15) is 5.82 Å². The van der Waals surface area contributed by atoms with Crippen LogP contribution in [-0.4, -0.2) is 33.0 Å². The van der Waals surface area contributed by atoms with Crippen molar-refractivity contribution in [2.24, 2.45) is 0 Å². The van der Waals surface area contributed by atoms with Crippen LogP contribution in [0.3, 0.4) is 0 Å². The van der Waals surface area contributed by atoms with Gasteiger partial charge in [-0.15, -0.1) is 0 Å². The van der Waals surface area contributed by atoms with Crippen molar-refractivity contribution in [2.45, 2.75) is 13.1 Å². The molecular weight excluding hydrogens is 276 g/mol. The van der Waals surface area contributed by atoms with E-state index in [0.29, 0.717) is 18.5 Å². The molecule has 3 aromatic rings. The molecule has 0 fully saturated rings. The molecule has 1 aliphatic rings. The number of pyridine rings is 1. The van der Waals surface area contributed by atoms with Crippen LogP contribution in [0.25, 0.3) is 22.2 Å². The predicted molar refractivity (Wildman–Crippen MR) is 85.6 cm³/mol. The number of hydrogen-bond donors (Lipinski definition) is 0. The van der Waals surface area contributed by atoms with E-state index in [1.807, 2.05) is 43.4 Å². The number of benzene rings is 1. The molecule has 2 aromatic heterocycles. The van der Waals surface area contributed by atoms with E-state index in [9.17, 15) is 4.79 Å². The van der Waals surface area contributed by atoms with Gasteiger partial charge >= 0.3 is 0 Å². The van der Waals surface area contributed by atoms with Gasteiger partial charge in [-0.2, -0.15) is 0 Å². The zero-order valence-corrected chi connectivity index (χ0v) is 12.4. The van der Waals surface area contributed by atoms with Gasteiger partial charge in [-0.25, -0.2) is 4.98 Å². The molecule has 5 nitrogen and oxygen atoms in total. The van der Waals surface area contributed by atoms with E-state index in [1.54, 1.807) is 10.8 Å². The van der Waals surface area contributed by atoms with Gasteiger partial charge in [-0.1, -0.05) is 12.1 Å². The van der Waals surface area contributed by atoms with Gasteiger partial charge in [-0.3, -0.25) is 19.2 Å². The van der Waals surface area contributed by atoms with Gasteiger partial charge in [0.1, 0.15) is 5.82 Å². The van der Waals surface area contributed by atoms with Crippen LogP contribution in [0, 0.1) is 0 Å². The average Bonchev–Trinajstić information content (AvgIpc) is 2.55. The van der Waals surface area contributed by atoms with E-state index in [0.717, 1.165) is 29.1 Å². The number of fused-ring (bicyclic) bond motifs is 2. The van der Waals surface area contributed by atoms with Crippen molar-refractivity contribution in [3.05, 3.63) is 58.8 Å². The first kappa shape index (κ1) is 13.2. The van der Waals surface area contributed by atoms with Gasteiger partial charge in [0.15, 0.2) is 0 Å². The highest BCUT2D eigenvalue weighted by Gasteiger charge is 2.17. The molecule has 1 aromatic carbocycles. The second kappa shape index (κ2) is 5.03. The van der Waals surface area contributed by atoms with E-state index in [2.05, 4.69) is 9.88 Å². The summed E-state index contributed by atoms with van der Waals surface area (Å²) in [5.41, 5.74) is 2.67. The Labute approximate surface area is 127 Å². The van der Waals surface area contributed by atoms with Crippen molar-refractivity contribution in [2.75, 3.05) is 13.6 Å². The molecule has 0 unspecified atom stereocenters. The van der Waals surface area contributed by atoms with Crippen molar-refractivity contribution < 1.29 is 0 Å². The molecule has 0 bridgehead atoms. The van der Waals surface area contributed by atoms with Crippen LogP contribution >= 0.6 is 0 Å². The Bertz CT molecular complexity index is 902. The predicted octanol–water partition coefficient (Wildman–Crippen LogP) is 1.90. The Morgan fingerprint density at radius 2 is 2.05 bits per heavy atom. The second-order valence-corrected chi connectivity index (χ2v) is 5.67. The summed E-state index contributed by atoms with van der Waals surface area (Å²) in [6.45, 7) is 2.29. The van der Waals surface area contributed by atoms with Gasteiger partial charge in [-0.05, 0) is 31.3 Å². The van der Waals surface area contributed by atoms with Crippen molar-refractivity contribution in [1.82, 2.24) is 19.4 Å². The molecule has 3 heterocycles. The van der Waals surface area contributed by atoms with E-state index < -0.39 is 0 Å². The molecule has 0 amide bonds. The maximum absolute atomic E-state index is 12.6. The van der Waals surface area contributed by atoms with Gasteiger partial charge in [0.05, 0.1) is 23.1 Å². The normalized spacial score (nSPS) is 15.0. The highest BCUT2D eigenvalue weighted by Crippen LogP contribution is 2.21. The molecule has 0 saturated heterocycles. The minimum Gasteiger partial charge on any atom is -0.297 e. The zero-order valence-electron chi connectivity index (χ0n) is 12.4. The highest BCUT2D eigenvalue weighted by atomic mass is 16.1. The van der Waals surface area contributed by atoms with E-state index in [4.69, 9.17) is 4.98 Å². The lowest BCUT2D eigenvalue weighted by Crippen LogP contribution is -2.38. The number of likely N-dealkylation sites (N-methyl/N-ethyl adjacent to an activating group) is 1. The van der Waals surface area contributed by atoms with Crippen LogP contribution in [0.15, 0.2) is 47.4 Å². The lowest BCUT2D eigenvalue weighted by Gasteiger charge is -2.25. The van der Waals surface area contributed by atoms with Crippen LogP contribution in [-0.2, 0) is 13.1 Å². The number of rotatable bonds is 1. The summed E-state index contributed by atoms with van der Waals surface area (Å²) in [6.07, 6.45) is 1.77. The first-order valence-corrected chi connectivity index (χ1v) is 7.36. The molecule has 110 valence electrons. The summed E-state index contributed by atoms with van der Waals surface area (Å²) < 4.78 is 1.79. The maximum atomic E-state index is 12.6. The summed E-state index contributed by atoms with van der Waals surface area (Å²) in [5.74, 6) is 0.837. The fourth-order valence-corrected chi connectivity index (χ4v) is 2.90. The Kier molecular flexibility index (Phi) is 3.01. The third-order valence-electron chi connectivity index (χ3n) is 4.11. The molecular formula is C17H16N4O. The van der Waals surface area contributed by atoms with Gasteiger partial charge in [0, 0.05) is 24.8 Å². The molecule has 0 spiro atoms. The molecule has 5 heteroatoms. The van der Waals surface area contributed by atoms with Crippen LogP contribution in [0.5, 0.6) is 0 Å². The lowest BCUT2D eigenvalue weighted by atomic mass is 10.1. The van der Waals surface area contributed by atoms with Gasteiger partial charge in [0.25, 0.3) is 5.56 Å². The zero-order chi connectivity index (χ0) is 15.1. The first-order chi connectivity index (χ1) is 10.7. The molecule has 0 aliphatic carbocycles. The summed E-state index contributed by atoms with van der Waals surface area (Å²) >= 11 is 0. The van der Waals surface area contributed by atoms with E-state index in [-0.39, 0.29) is 5.56 Å². The maximum Gasteiger partial charge on any atom is 0.261 e. The van der Waals surface area contributed by atoms with Crippen LogP contribution < -0.4 is 5.56 Å². The van der Waals surface area contributed by atoms with E-state index in [1.165, 1.54) is 0 Å². The van der Waals surface area contributed by atoms with Gasteiger partial charge < -0.3 is 0 Å². The minimum absolute atomic E-state index is 0.0562. The standard InChI is InChI=1S/C17H16N4O/c1-20-8-9-21-16(11-20)19-15-10-12(5-6-13(15)17(21)22)14-4-2-3-7-18-14/h2-7,10H,8-9,11H2,1H3. The Hall–Kier alpha value is -2.53. The lowest BCUT2D eigenvalue weighted by molar-refractivity contribution is 0.259.